The fraction of sp³-hybridized carbons (Fsp3) is 0.222. The number of benzene rings is 1. The average molecular weight is 373 g/mol. The van der Waals surface area contributed by atoms with Crippen LogP contribution in [0.2, 0.25) is 0 Å². The minimum absolute atomic E-state index is 0.181. The van der Waals surface area contributed by atoms with Gasteiger partial charge in [0.05, 0.1) is 15.9 Å². The van der Waals surface area contributed by atoms with E-state index < -0.39 is 10.0 Å². The number of allylic oxidation sites excluding steroid dienone is 2. The maximum absolute atomic E-state index is 12.4. The van der Waals surface area contributed by atoms with Gasteiger partial charge in [0, 0.05) is 45.2 Å². The van der Waals surface area contributed by atoms with Crippen molar-refractivity contribution in [3.05, 3.63) is 61.2 Å². The van der Waals surface area contributed by atoms with E-state index in [-0.39, 0.29) is 4.90 Å². The first-order valence-electron chi connectivity index (χ1n) is 7.95. The zero-order chi connectivity index (χ0) is 19.3. The van der Waals surface area contributed by atoms with Gasteiger partial charge in [0.15, 0.2) is 0 Å². The van der Waals surface area contributed by atoms with Crippen LogP contribution in [0.25, 0.3) is 11.0 Å². The zero-order valence-electron chi connectivity index (χ0n) is 15.0. The number of aromatic nitrogens is 2. The van der Waals surface area contributed by atoms with Crippen molar-refractivity contribution in [1.29, 1.82) is 0 Å². The highest BCUT2D eigenvalue weighted by molar-refractivity contribution is 7.89. The number of aryl methyl sites for hydroxylation is 1. The van der Waals surface area contributed by atoms with Gasteiger partial charge in [0.2, 0.25) is 0 Å². The van der Waals surface area contributed by atoms with Crippen molar-refractivity contribution in [3.63, 3.8) is 0 Å². The Morgan fingerprint density at radius 1 is 1.42 bits per heavy atom. The summed E-state index contributed by atoms with van der Waals surface area (Å²) in [5.74, 6) is 0.824. The Labute approximate surface area is 153 Å². The molecular weight excluding hydrogens is 350 g/mol. The molecule has 0 saturated heterocycles. The van der Waals surface area contributed by atoms with Crippen LogP contribution in [0, 0.1) is 0 Å². The van der Waals surface area contributed by atoms with Gasteiger partial charge in [-0.2, -0.15) is 0 Å². The minimum Gasteiger partial charge on any atom is -0.399 e. The molecule has 0 saturated carbocycles. The van der Waals surface area contributed by atoms with Gasteiger partial charge in [-0.05, 0) is 30.4 Å². The first-order chi connectivity index (χ1) is 12.3. The number of nitrogens with zero attached hydrogens (tertiary/aromatic N) is 4. The lowest BCUT2D eigenvalue weighted by Gasteiger charge is -2.13. The van der Waals surface area contributed by atoms with Crippen molar-refractivity contribution in [2.24, 2.45) is 17.8 Å². The van der Waals surface area contributed by atoms with Crippen LogP contribution in [0.1, 0.15) is 5.82 Å². The van der Waals surface area contributed by atoms with Gasteiger partial charge < -0.3 is 10.3 Å². The van der Waals surface area contributed by atoms with Crippen LogP contribution >= 0.6 is 0 Å². The van der Waals surface area contributed by atoms with Gasteiger partial charge >= 0.3 is 0 Å². The summed E-state index contributed by atoms with van der Waals surface area (Å²) in [6.45, 7) is 7.60. The lowest BCUT2D eigenvalue weighted by Crippen LogP contribution is -2.20. The van der Waals surface area contributed by atoms with E-state index in [2.05, 4.69) is 23.1 Å². The molecule has 0 fully saturated rings. The normalized spacial score (nSPS) is 12.6. The highest BCUT2D eigenvalue weighted by atomic mass is 32.2. The van der Waals surface area contributed by atoms with E-state index in [1.165, 1.54) is 13.2 Å². The standard InChI is InChI=1S/C18H23N5O2S/c1-5-14(19)9-11-20-12-10-18-21-16-13-15(7-8-17(16)23(18)4)26(24,25)22(3)6-2/h5-9,11,13H,1-2,10,12,19H2,3-4H3/b14-9+,20-11?. The molecule has 0 spiro atoms. The van der Waals surface area contributed by atoms with Crippen molar-refractivity contribution in [2.45, 2.75) is 11.3 Å². The molecule has 1 heterocycles. The summed E-state index contributed by atoms with van der Waals surface area (Å²) in [7, 11) is -0.260. The maximum Gasteiger partial charge on any atom is 0.263 e. The van der Waals surface area contributed by atoms with Crippen LogP contribution in [0.4, 0.5) is 0 Å². The molecule has 1 aromatic heterocycles. The van der Waals surface area contributed by atoms with Crippen LogP contribution < -0.4 is 5.73 Å². The van der Waals surface area contributed by atoms with E-state index in [4.69, 9.17) is 5.73 Å². The highest BCUT2D eigenvalue weighted by Gasteiger charge is 2.19. The monoisotopic (exact) mass is 373 g/mol. The lowest BCUT2D eigenvalue weighted by atomic mass is 10.3. The van der Waals surface area contributed by atoms with Gasteiger partial charge in [-0.1, -0.05) is 13.2 Å². The molecule has 0 aliphatic rings. The molecule has 26 heavy (non-hydrogen) atoms. The molecule has 8 heteroatoms. The first kappa shape index (κ1) is 19.5. The van der Waals surface area contributed by atoms with Crippen molar-refractivity contribution in [3.8, 4) is 0 Å². The minimum atomic E-state index is -3.60. The molecule has 0 bridgehead atoms. The second kappa shape index (κ2) is 8.01. The molecular formula is C18H23N5O2S. The topological polar surface area (TPSA) is 93.6 Å². The number of sulfonamides is 1. The van der Waals surface area contributed by atoms with Crippen LogP contribution in [0.15, 0.2) is 65.3 Å². The largest absolute Gasteiger partial charge is 0.399 e. The second-order valence-electron chi connectivity index (χ2n) is 5.62. The van der Waals surface area contributed by atoms with Crippen molar-refractivity contribution >= 4 is 27.3 Å². The van der Waals surface area contributed by atoms with E-state index in [0.717, 1.165) is 15.6 Å². The van der Waals surface area contributed by atoms with Crippen LogP contribution in [-0.4, -0.2) is 42.1 Å². The number of rotatable bonds is 8. The fourth-order valence-electron chi connectivity index (χ4n) is 2.32. The summed E-state index contributed by atoms with van der Waals surface area (Å²) in [6.07, 6.45) is 6.74. The fourth-order valence-corrected chi connectivity index (χ4v) is 3.35. The number of imidazole rings is 1. The molecule has 138 valence electrons. The van der Waals surface area contributed by atoms with Crippen molar-refractivity contribution in [2.75, 3.05) is 13.6 Å². The number of hydrogen-bond acceptors (Lipinski definition) is 5. The quantitative estimate of drug-likeness (QED) is 0.565. The zero-order valence-corrected chi connectivity index (χ0v) is 15.8. The van der Waals surface area contributed by atoms with Gasteiger partial charge in [-0.15, -0.1) is 0 Å². The molecule has 7 nitrogen and oxygen atoms in total. The van der Waals surface area contributed by atoms with E-state index in [1.807, 2.05) is 11.6 Å². The second-order valence-corrected chi connectivity index (χ2v) is 7.61. The molecule has 0 amide bonds. The van der Waals surface area contributed by atoms with E-state index in [9.17, 15) is 8.42 Å². The van der Waals surface area contributed by atoms with E-state index >= 15 is 0 Å². The highest BCUT2D eigenvalue weighted by Crippen LogP contribution is 2.22. The van der Waals surface area contributed by atoms with E-state index in [1.54, 1.807) is 36.6 Å². The smallest absolute Gasteiger partial charge is 0.263 e. The molecule has 0 aliphatic heterocycles. The molecule has 0 radical (unpaired) electrons. The third-order valence-corrected chi connectivity index (χ3v) is 5.71. The molecule has 0 atom stereocenters. The van der Waals surface area contributed by atoms with Crippen LogP contribution in [0.3, 0.4) is 0 Å². The van der Waals surface area contributed by atoms with Crippen LogP contribution in [0.5, 0.6) is 0 Å². The summed E-state index contributed by atoms with van der Waals surface area (Å²) in [4.78, 5) is 8.99. The number of nitrogens with two attached hydrogens (primary N) is 1. The Bertz CT molecular complexity index is 986. The molecule has 2 aromatic rings. The average Bonchev–Trinajstić information content (AvgIpc) is 2.95. The lowest BCUT2D eigenvalue weighted by molar-refractivity contribution is 0.539. The van der Waals surface area contributed by atoms with Crippen LogP contribution in [-0.2, 0) is 23.5 Å². The summed E-state index contributed by atoms with van der Waals surface area (Å²) < 4.78 is 27.8. The first-order valence-corrected chi connectivity index (χ1v) is 9.39. The van der Waals surface area contributed by atoms with Gasteiger partial charge in [-0.25, -0.2) is 13.4 Å². The maximum atomic E-state index is 12.4. The summed E-state index contributed by atoms with van der Waals surface area (Å²) >= 11 is 0. The van der Waals surface area contributed by atoms with Gasteiger partial charge in [0.1, 0.15) is 5.82 Å². The Morgan fingerprint density at radius 2 is 2.15 bits per heavy atom. The predicted octanol–water partition coefficient (Wildman–Crippen LogP) is 1.98. The molecule has 2 N–H and O–H groups in total. The van der Waals surface area contributed by atoms with Gasteiger partial charge in [-0.3, -0.25) is 9.30 Å². The number of aliphatic imine (C=N–C) groups is 1. The molecule has 1 aromatic carbocycles. The molecule has 0 unspecified atom stereocenters. The van der Waals surface area contributed by atoms with Crippen molar-refractivity contribution < 1.29 is 8.42 Å². The molecule has 0 aliphatic carbocycles. The third-order valence-electron chi connectivity index (χ3n) is 3.95. The Balaban J connectivity index is 2.25. The summed E-state index contributed by atoms with van der Waals surface area (Å²) in [5.41, 5.74) is 7.64. The molecule has 2 rings (SSSR count). The summed E-state index contributed by atoms with van der Waals surface area (Å²) in [6, 6.07) is 4.90. The third kappa shape index (κ3) is 4.02. The number of hydrogen-bond donors (Lipinski definition) is 1. The van der Waals surface area contributed by atoms with Gasteiger partial charge in [0.25, 0.3) is 10.0 Å². The van der Waals surface area contributed by atoms with E-state index in [0.29, 0.717) is 24.2 Å². The Morgan fingerprint density at radius 3 is 2.81 bits per heavy atom. The SMILES string of the molecule is C=C/C(N)=C\C=NCCc1nc2cc(S(=O)(=O)N(C)C=C)ccc2n1C. The Kier molecular flexibility index (Phi) is 5.99. The number of fused-ring (bicyclic) bond motifs is 1. The predicted molar refractivity (Wildman–Crippen MR) is 105 cm³/mol. The summed E-state index contributed by atoms with van der Waals surface area (Å²) in [5, 5.41) is 0. The van der Waals surface area contributed by atoms with Crippen molar-refractivity contribution in [1.82, 2.24) is 13.9 Å². The Hall–Kier alpha value is -2.87.